The standard InChI is InChI=1S/C45H61N5O8/c1-46(2)39-17-9-35(10-18-39)29-49(31-37-13-21-42(53-7)22-14-37)44(51)57-33-55-27-25-41(48(5)6)26-28-56-34-58-45(52)50(32-38-15-23-43(54-8)24-16-38)30-36-11-19-40(20-12-36)47(3)4/h9-24,41H,25-34H2,1-8H3. The van der Waals surface area contributed by atoms with Crippen LogP contribution in [0.5, 0.6) is 11.5 Å². The predicted molar refractivity (Wildman–Crippen MR) is 227 cm³/mol. The molecule has 13 nitrogen and oxygen atoms in total. The zero-order valence-electron chi connectivity index (χ0n) is 35.4. The number of rotatable bonds is 23. The largest absolute Gasteiger partial charge is 0.497 e. The van der Waals surface area contributed by atoms with E-state index in [0.29, 0.717) is 52.2 Å². The fourth-order valence-corrected chi connectivity index (χ4v) is 6.10. The summed E-state index contributed by atoms with van der Waals surface area (Å²) < 4.78 is 33.3. The third kappa shape index (κ3) is 15.1. The second-order valence-corrected chi connectivity index (χ2v) is 14.6. The minimum Gasteiger partial charge on any atom is -0.497 e. The second-order valence-electron chi connectivity index (χ2n) is 14.6. The minimum absolute atomic E-state index is 0.125. The van der Waals surface area contributed by atoms with Gasteiger partial charge < -0.3 is 43.1 Å². The first-order valence-corrected chi connectivity index (χ1v) is 19.4. The molecule has 13 heteroatoms. The van der Waals surface area contributed by atoms with Crippen LogP contribution in [-0.4, -0.2) is 116 Å². The average Bonchev–Trinajstić information content (AvgIpc) is 3.22. The number of anilines is 2. The van der Waals surface area contributed by atoms with E-state index in [2.05, 4.69) is 4.90 Å². The lowest BCUT2D eigenvalue weighted by atomic mass is 10.1. The van der Waals surface area contributed by atoms with Gasteiger partial charge in [-0.15, -0.1) is 0 Å². The maximum atomic E-state index is 13.3. The number of carbonyl (C=O) groups is 2. The Kier molecular flexibility index (Phi) is 18.4. The summed E-state index contributed by atoms with van der Waals surface area (Å²) in [6, 6.07) is 31.5. The van der Waals surface area contributed by atoms with E-state index in [4.69, 9.17) is 28.4 Å². The van der Waals surface area contributed by atoms with Crippen molar-refractivity contribution in [2.24, 2.45) is 0 Å². The molecule has 0 unspecified atom stereocenters. The minimum atomic E-state index is -0.468. The molecule has 0 fully saturated rings. The number of nitrogens with zero attached hydrogens (tertiary/aromatic N) is 5. The molecule has 0 spiro atoms. The molecule has 4 aromatic carbocycles. The van der Waals surface area contributed by atoms with Gasteiger partial charge in [-0.3, -0.25) is 9.80 Å². The van der Waals surface area contributed by atoms with E-state index in [1.807, 2.05) is 149 Å². The van der Waals surface area contributed by atoms with Crippen molar-refractivity contribution >= 4 is 23.6 Å². The molecule has 0 N–H and O–H groups in total. The third-order valence-electron chi connectivity index (χ3n) is 9.69. The van der Waals surface area contributed by atoms with Gasteiger partial charge in [0.1, 0.15) is 11.5 Å². The van der Waals surface area contributed by atoms with Gasteiger partial charge >= 0.3 is 12.2 Å². The summed E-state index contributed by atoms with van der Waals surface area (Å²) in [5, 5.41) is 0. The molecule has 4 aromatic rings. The first-order valence-electron chi connectivity index (χ1n) is 19.4. The molecule has 0 aliphatic heterocycles. The van der Waals surface area contributed by atoms with E-state index in [0.717, 1.165) is 45.1 Å². The summed E-state index contributed by atoms with van der Waals surface area (Å²) in [6.45, 7) is 1.90. The summed E-state index contributed by atoms with van der Waals surface area (Å²) in [4.78, 5) is 36.1. The van der Waals surface area contributed by atoms with Gasteiger partial charge in [0.2, 0.25) is 0 Å². The van der Waals surface area contributed by atoms with Gasteiger partial charge in [0.25, 0.3) is 0 Å². The second kappa shape index (κ2) is 23.7. The maximum absolute atomic E-state index is 13.3. The Morgan fingerprint density at radius 1 is 0.483 bits per heavy atom. The summed E-state index contributed by atoms with van der Waals surface area (Å²) in [7, 11) is 15.2. The Morgan fingerprint density at radius 2 is 0.793 bits per heavy atom. The van der Waals surface area contributed by atoms with Crippen LogP contribution in [0.3, 0.4) is 0 Å². The molecule has 0 aliphatic rings. The van der Waals surface area contributed by atoms with Crippen LogP contribution in [0.15, 0.2) is 97.1 Å². The van der Waals surface area contributed by atoms with E-state index in [-0.39, 0.29) is 19.6 Å². The van der Waals surface area contributed by atoms with Gasteiger partial charge in [0, 0.05) is 71.8 Å². The van der Waals surface area contributed by atoms with E-state index in [1.54, 1.807) is 24.0 Å². The van der Waals surface area contributed by atoms with Crippen molar-refractivity contribution in [2.45, 2.75) is 45.1 Å². The highest BCUT2D eigenvalue weighted by Crippen LogP contribution is 2.20. The fraction of sp³-hybridized carbons (Fsp3) is 0.422. The Labute approximate surface area is 344 Å². The number of carbonyl (C=O) groups excluding carboxylic acids is 2. The monoisotopic (exact) mass is 799 g/mol. The summed E-state index contributed by atoms with van der Waals surface area (Å²) in [6.07, 6.45) is 0.432. The first kappa shape index (κ1) is 45.2. The highest BCUT2D eigenvalue weighted by atomic mass is 16.7. The Hall–Kier alpha value is -5.50. The van der Waals surface area contributed by atoms with Gasteiger partial charge in [0.05, 0.1) is 27.4 Å². The molecule has 0 radical (unpaired) electrons. The molecular weight excluding hydrogens is 739 g/mol. The normalized spacial score (nSPS) is 11.0. The number of hydrogen-bond donors (Lipinski definition) is 0. The van der Waals surface area contributed by atoms with Crippen LogP contribution in [-0.2, 0) is 45.1 Å². The lowest BCUT2D eigenvalue weighted by molar-refractivity contribution is -0.0421. The zero-order valence-corrected chi connectivity index (χ0v) is 35.4. The third-order valence-corrected chi connectivity index (χ3v) is 9.69. The van der Waals surface area contributed by atoms with Crippen LogP contribution in [0.4, 0.5) is 21.0 Å². The Balaban J connectivity index is 1.22. The first-order chi connectivity index (χ1) is 27.9. The summed E-state index contributed by atoms with van der Waals surface area (Å²) in [5.41, 5.74) is 6.03. The lowest BCUT2D eigenvalue weighted by Crippen LogP contribution is -2.33. The van der Waals surface area contributed by atoms with Crippen LogP contribution < -0.4 is 19.3 Å². The number of amides is 2. The molecule has 0 saturated heterocycles. The van der Waals surface area contributed by atoms with E-state index < -0.39 is 12.2 Å². The number of benzene rings is 4. The van der Waals surface area contributed by atoms with Crippen molar-refractivity contribution in [3.63, 3.8) is 0 Å². The summed E-state index contributed by atoms with van der Waals surface area (Å²) in [5.74, 6) is 1.50. The zero-order chi connectivity index (χ0) is 41.9. The highest BCUT2D eigenvalue weighted by molar-refractivity contribution is 5.68. The Morgan fingerprint density at radius 3 is 1.07 bits per heavy atom. The van der Waals surface area contributed by atoms with Gasteiger partial charge in [-0.05, 0) is 97.7 Å². The predicted octanol–water partition coefficient (Wildman–Crippen LogP) is 7.47. The number of hydrogen-bond acceptors (Lipinski definition) is 11. The molecule has 0 bridgehead atoms. The van der Waals surface area contributed by atoms with Crippen LogP contribution in [0.2, 0.25) is 0 Å². The lowest BCUT2D eigenvalue weighted by Gasteiger charge is -2.25. The Bertz CT molecular complexity index is 1660. The number of methoxy groups -OCH3 is 2. The van der Waals surface area contributed by atoms with Gasteiger partial charge in [-0.1, -0.05) is 48.5 Å². The molecule has 58 heavy (non-hydrogen) atoms. The van der Waals surface area contributed by atoms with E-state index >= 15 is 0 Å². The fourth-order valence-electron chi connectivity index (χ4n) is 6.10. The maximum Gasteiger partial charge on any atom is 0.412 e. The van der Waals surface area contributed by atoms with Gasteiger partial charge in [-0.2, -0.15) is 0 Å². The number of ether oxygens (including phenoxy) is 6. The molecule has 4 rings (SSSR count). The van der Waals surface area contributed by atoms with Crippen molar-refractivity contribution < 1.29 is 38.0 Å². The molecular formula is C45H61N5O8. The molecule has 2 amide bonds. The van der Waals surface area contributed by atoms with Crippen molar-refractivity contribution in [2.75, 3.05) is 93.1 Å². The molecule has 0 aliphatic carbocycles. The summed E-state index contributed by atoms with van der Waals surface area (Å²) >= 11 is 0. The molecule has 0 atom stereocenters. The quantitative estimate of drug-likeness (QED) is 0.0551. The molecule has 314 valence electrons. The average molecular weight is 800 g/mol. The van der Waals surface area contributed by atoms with Gasteiger partial charge in [0.15, 0.2) is 13.6 Å². The SMILES string of the molecule is COc1ccc(CN(Cc2ccc(N(C)C)cc2)C(=O)OCOCCC(CCOCOC(=O)N(Cc2ccc(OC)cc2)Cc2ccc(N(C)C)cc2)N(C)C)cc1. The molecule has 0 saturated carbocycles. The van der Waals surface area contributed by atoms with Crippen molar-refractivity contribution in [1.29, 1.82) is 0 Å². The van der Waals surface area contributed by atoms with Crippen molar-refractivity contribution in [1.82, 2.24) is 14.7 Å². The van der Waals surface area contributed by atoms with Crippen molar-refractivity contribution in [3.05, 3.63) is 119 Å². The van der Waals surface area contributed by atoms with Crippen molar-refractivity contribution in [3.8, 4) is 11.5 Å². The van der Waals surface area contributed by atoms with Gasteiger partial charge in [-0.25, -0.2) is 9.59 Å². The van der Waals surface area contributed by atoms with Crippen LogP contribution >= 0.6 is 0 Å². The van der Waals surface area contributed by atoms with Crippen LogP contribution in [0, 0.1) is 0 Å². The highest BCUT2D eigenvalue weighted by Gasteiger charge is 2.19. The van der Waals surface area contributed by atoms with Crippen LogP contribution in [0.25, 0.3) is 0 Å². The topological polar surface area (TPSA) is 106 Å². The van der Waals surface area contributed by atoms with E-state index in [1.165, 1.54) is 0 Å². The van der Waals surface area contributed by atoms with Crippen LogP contribution in [0.1, 0.15) is 35.1 Å². The molecule has 0 heterocycles. The smallest absolute Gasteiger partial charge is 0.412 e. The molecule has 0 aromatic heterocycles. The van der Waals surface area contributed by atoms with E-state index in [9.17, 15) is 9.59 Å².